The molecule has 2 rings (SSSR count). The van der Waals surface area contributed by atoms with Gasteiger partial charge in [0.25, 0.3) is 0 Å². The third-order valence-corrected chi connectivity index (χ3v) is 8.69. The highest BCUT2D eigenvalue weighted by Gasteiger charge is 2.30. The predicted molar refractivity (Wildman–Crippen MR) is 186 cm³/mol. The van der Waals surface area contributed by atoms with Crippen LogP contribution in [0.25, 0.3) is 0 Å². The minimum atomic E-state index is -0.922. The third kappa shape index (κ3) is 15.1. The van der Waals surface area contributed by atoms with E-state index >= 15 is 0 Å². The number of ketones is 1. The van der Waals surface area contributed by atoms with Gasteiger partial charge in [-0.3, -0.25) is 19.2 Å². The maximum Gasteiger partial charge on any atom is 0.243 e. The molecule has 0 fully saturated rings. The Labute approximate surface area is 280 Å². The Hall–Kier alpha value is -3.76. The highest BCUT2D eigenvalue weighted by atomic mass is 16.3. The summed E-state index contributed by atoms with van der Waals surface area (Å²) in [5, 5.41) is 18.7. The van der Waals surface area contributed by atoms with Crippen molar-refractivity contribution in [2.24, 2.45) is 17.4 Å². The lowest BCUT2D eigenvalue weighted by Crippen LogP contribution is -2.56. The number of hydrogen-bond acceptors (Lipinski definition) is 7. The Morgan fingerprint density at radius 1 is 0.766 bits per heavy atom. The summed E-state index contributed by atoms with van der Waals surface area (Å²) in [5.74, 6) is -1.19. The predicted octanol–water partition coefficient (Wildman–Crippen LogP) is 4.06. The van der Waals surface area contributed by atoms with Crippen LogP contribution in [-0.4, -0.2) is 59.3 Å². The first-order chi connectivity index (χ1) is 22.5. The van der Waals surface area contributed by atoms with Crippen molar-refractivity contribution in [1.82, 2.24) is 16.0 Å². The maximum absolute atomic E-state index is 13.6. The highest BCUT2D eigenvalue weighted by Crippen LogP contribution is 2.16. The number of hydrogen-bond donors (Lipinski definition) is 6. The topological polar surface area (TPSA) is 177 Å². The fourth-order valence-corrected chi connectivity index (χ4v) is 5.45. The molecule has 0 aliphatic heterocycles. The Bertz CT molecular complexity index is 1220. The zero-order chi connectivity index (χ0) is 34.6. The van der Waals surface area contributed by atoms with E-state index in [9.17, 15) is 24.3 Å². The lowest BCUT2D eigenvalue weighted by molar-refractivity contribution is -0.132. The summed E-state index contributed by atoms with van der Waals surface area (Å²) >= 11 is 0. The SMILES string of the molecule is CCCC[C@H](N)C(=O)N[C@@H](Cc1ccc(O)cc1)C(=O)N[C@H](C(=O)CCCCCCCN[C@@H](Cc1ccccc1)C(N)=O)[C@@H](C)CC. The normalized spacial score (nSPS) is 14.4. The zero-order valence-electron chi connectivity index (χ0n) is 28.5. The number of unbranched alkanes of at least 4 members (excludes halogenated alkanes) is 5. The number of aromatic hydroxyl groups is 1. The molecule has 0 bridgehead atoms. The van der Waals surface area contributed by atoms with Gasteiger partial charge < -0.3 is 32.5 Å². The molecule has 2 aromatic carbocycles. The van der Waals surface area contributed by atoms with Gasteiger partial charge in [0.05, 0.1) is 18.1 Å². The second kappa shape index (κ2) is 21.9. The Kier molecular flexibility index (Phi) is 18.4. The molecule has 5 atom stereocenters. The van der Waals surface area contributed by atoms with Crippen molar-refractivity contribution in [3.63, 3.8) is 0 Å². The van der Waals surface area contributed by atoms with E-state index in [0.29, 0.717) is 38.6 Å². The smallest absolute Gasteiger partial charge is 0.243 e. The van der Waals surface area contributed by atoms with Crippen LogP contribution in [0.1, 0.15) is 96.1 Å². The number of rotatable bonds is 24. The number of phenols is 1. The quantitative estimate of drug-likeness (QED) is 0.0927. The molecule has 0 saturated carbocycles. The maximum atomic E-state index is 13.6. The van der Waals surface area contributed by atoms with Crippen LogP contribution >= 0.6 is 0 Å². The van der Waals surface area contributed by atoms with Crippen molar-refractivity contribution in [3.05, 3.63) is 65.7 Å². The molecule has 0 spiro atoms. The molecule has 0 radical (unpaired) electrons. The molecule has 0 saturated heterocycles. The number of carbonyl (C=O) groups is 4. The first-order valence-corrected chi connectivity index (χ1v) is 17.3. The number of Topliss-reactive ketones (excluding diaryl/α,β-unsaturated/α-hetero) is 1. The molecule has 47 heavy (non-hydrogen) atoms. The molecule has 260 valence electrons. The molecule has 3 amide bonds. The van der Waals surface area contributed by atoms with Crippen LogP contribution < -0.4 is 27.4 Å². The summed E-state index contributed by atoms with van der Waals surface area (Å²) < 4.78 is 0. The van der Waals surface area contributed by atoms with E-state index in [2.05, 4.69) is 16.0 Å². The standard InChI is InChI=1S/C37H57N5O5/c1-4-6-17-30(38)36(46)41-32(25-28-19-21-29(43)22-20-28)37(47)42-34(26(3)5-2)33(44)18-13-8-7-9-14-23-40-31(35(39)45)24-27-15-11-10-12-16-27/h10-12,15-16,19-22,26,30-32,34,40,43H,4-9,13-14,17-18,23-25,38H2,1-3H3,(H2,39,45)(H,41,46)(H,42,47)/t26-,30-,31-,32-,34-/m0/s1. The molecular formula is C37H57N5O5. The Balaban J connectivity index is 1.87. The van der Waals surface area contributed by atoms with Gasteiger partial charge in [0.1, 0.15) is 11.8 Å². The van der Waals surface area contributed by atoms with E-state index in [1.165, 1.54) is 12.1 Å². The van der Waals surface area contributed by atoms with Crippen molar-refractivity contribution in [2.75, 3.05) is 6.54 Å². The van der Waals surface area contributed by atoms with Gasteiger partial charge in [-0.2, -0.15) is 0 Å². The summed E-state index contributed by atoms with van der Waals surface area (Å²) in [6.07, 6.45) is 8.44. The van der Waals surface area contributed by atoms with Crippen molar-refractivity contribution in [1.29, 1.82) is 0 Å². The fourth-order valence-electron chi connectivity index (χ4n) is 5.45. The van der Waals surface area contributed by atoms with E-state index in [4.69, 9.17) is 11.5 Å². The molecule has 0 unspecified atom stereocenters. The molecule has 8 N–H and O–H groups in total. The minimum Gasteiger partial charge on any atom is -0.508 e. The lowest BCUT2D eigenvalue weighted by atomic mass is 9.92. The molecule has 0 aliphatic rings. The van der Waals surface area contributed by atoms with Crippen LogP contribution in [-0.2, 0) is 32.0 Å². The lowest BCUT2D eigenvalue weighted by Gasteiger charge is -2.27. The van der Waals surface area contributed by atoms with Gasteiger partial charge in [-0.15, -0.1) is 0 Å². The van der Waals surface area contributed by atoms with Crippen LogP contribution in [0.5, 0.6) is 5.75 Å². The second-order valence-corrected chi connectivity index (χ2v) is 12.6. The number of primary amides is 1. The molecular weight excluding hydrogens is 594 g/mol. The van der Waals surface area contributed by atoms with E-state index < -0.39 is 36.0 Å². The van der Waals surface area contributed by atoms with Crippen LogP contribution in [0, 0.1) is 5.92 Å². The zero-order valence-corrected chi connectivity index (χ0v) is 28.5. The first kappa shape index (κ1) is 39.4. The summed E-state index contributed by atoms with van der Waals surface area (Å²) in [6.45, 7) is 6.64. The first-order valence-electron chi connectivity index (χ1n) is 17.3. The van der Waals surface area contributed by atoms with Crippen LogP contribution in [0.4, 0.5) is 0 Å². The number of nitrogens with two attached hydrogens (primary N) is 2. The number of nitrogens with one attached hydrogen (secondary N) is 3. The summed E-state index contributed by atoms with van der Waals surface area (Å²) in [4.78, 5) is 51.7. The summed E-state index contributed by atoms with van der Waals surface area (Å²) in [6, 6.07) is 13.5. The summed E-state index contributed by atoms with van der Waals surface area (Å²) in [5.41, 5.74) is 13.5. The highest BCUT2D eigenvalue weighted by molar-refractivity contribution is 5.94. The van der Waals surface area contributed by atoms with Gasteiger partial charge in [0.15, 0.2) is 5.78 Å². The monoisotopic (exact) mass is 651 g/mol. The molecule has 10 heteroatoms. The van der Waals surface area contributed by atoms with Crippen LogP contribution in [0.15, 0.2) is 54.6 Å². The average Bonchev–Trinajstić information content (AvgIpc) is 3.06. The number of carbonyl (C=O) groups excluding carboxylic acids is 4. The van der Waals surface area contributed by atoms with Crippen molar-refractivity contribution in [3.8, 4) is 5.75 Å². The molecule has 0 aliphatic carbocycles. The Morgan fingerprint density at radius 3 is 2.02 bits per heavy atom. The molecule has 0 heterocycles. The number of benzene rings is 2. The van der Waals surface area contributed by atoms with Crippen LogP contribution in [0.3, 0.4) is 0 Å². The van der Waals surface area contributed by atoms with E-state index in [-0.39, 0.29) is 29.8 Å². The molecule has 2 aromatic rings. The van der Waals surface area contributed by atoms with Gasteiger partial charge in [-0.05, 0) is 61.4 Å². The fraction of sp³-hybridized carbons (Fsp3) is 0.568. The molecule has 0 aromatic heterocycles. The van der Waals surface area contributed by atoms with E-state index in [0.717, 1.165) is 49.7 Å². The van der Waals surface area contributed by atoms with Gasteiger partial charge in [0.2, 0.25) is 17.7 Å². The van der Waals surface area contributed by atoms with E-state index in [1.54, 1.807) is 12.1 Å². The van der Waals surface area contributed by atoms with Crippen molar-refractivity contribution >= 4 is 23.5 Å². The van der Waals surface area contributed by atoms with Crippen molar-refractivity contribution < 1.29 is 24.3 Å². The van der Waals surface area contributed by atoms with Crippen molar-refractivity contribution in [2.45, 2.75) is 122 Å². The average molecular weight is 652 g/mol. The van der Waals surface area contributed by atoms with Gasteiger partial charge >= 0.3 is 0 Å². The minimum absolute atomic E-state index is 0.0195. The number of phenolic OH excluding ortho intramolecular Hbond substituents is 1. The molecule has 10 nitrogen and oxygen atoms in total. The largest absolute Gasteiger partial charge is 0.508 e. The summed E-state index contributed by atoms with van der Waals surface area (Å²) in [7, 11) is 0. The van der Waals surface area contributed by atoms with E-state index in [1.807, 2.05) is 51.1 Å². The third-order valence-electron chi connectivity index (χ3n) is 8.69. The Morgan fingerprint density at radius 2 is 1.38 bits per heavy atom. The van der Waals surface area contributed by atoms with Crippen LogP contribution in [0.2, 0.25) is 0 Å². The van der Waals surface area contributed by atoms with Gasteiger partial charge in [-0.1, -0.05) is 102 Å². The van der Waals surface area contributed by atoms with Gasteiger partial charge in [0, 0.05) is 12.8 Å². The second-order valence-electron chi connectivity index (χ2n) is 12.6. The van der Waals surface area contributed by atoms with Gasteiger partial charge in [-0.25, -0.2) is 0 Å². The number of amides is 3.